The fourth-order valence-corrected chi connectivity index (χ4v) is 2.97. The Hall–Kier alpha value is -0.830. The molecule has 0 bridgehead atoms. The van der Waals surface area contributed by atoms with Gasteiger partial charge in [-0.3, -0.25) is 4.79 Å². The number of thiophene rings is 1. The summed E-state index contributed by atoms with van der Waals surface area (Å²) in [6, 6.07) is 2.09. The van der Waals surface area contributed by atoms with E-state index in [-0.39, 0.29) is 5.91 Å². The van der Waals surface area contributed by atoms with Crippen molar-refractivity contribution in [2.75, 3.05) is 13.1 Å². The van der Waals surface area contributed by atoms with Gasteiger partial charge in [-0.25, -0.2) is 0 Å². The number of carbonyl (C=O) groups is 1. The Balaban J connectivity index is 2.13. The van der Waals surface area contributed by atoms with E-state index in [0.29, 0.717) is 0 Å². The predicted molar refractivity (Wildman–Crippen MR) is 63.5 cm³/mol. The summed E-state index contributed by atoms with van der Waals surface area (Å²) in [7, 11) is 0. The molecule has 0 aliphatic carbocycles. The van der Waals surface area contributed by atoms with Gasteiger partial charge in [0.15, 0.2) is 0 Å². The van der Waals surface area contributed by atoms with E-state index in [1.807, 2.05) is 10.3 Å². The summed E-state index contributed by atoms with van der Waals surface area (Å²) in [6.45, 7) is 4.05. The van der Waals surface area contributed by atoms with Gasteiger partial charge in [0, 0.05) is 13.1 Å². The number of nitrogens with zero attached hydrogens (tertiary/aromatic N) is 1. The zero-order valence-electron chi connectivity index (χ0n) is 9.16. The van der Waals surface area contributed by atoms with E-state index in [1.54, 1.807) is 11.3 Å². The van der Waals surface area contributed by atoms with Crippen molar-refractivity contribution in [2.45, 2.75) is 32.6 Å². The first-order chi connectivity index (χ1) is 7.33. The largest absolute Gasteiger partial charge is 0.338 e. The fraction of sp³-hybridized carbons (Fsp3) is 0.583. The van der Waals surface area contributed by atoms with Gasteiger partial charge >= 0.3 is 0 Å². The van der Waals surface area contributed by atoms with Crippen molar-refractivity contribution < 1.29 is 4.79 Å². The molecule has 0 aromatic carbocycles. The van der Waals surface area contributed by atoms with Gasteiger partial charge in [-0.2, -0.15) is 0 Å². The number of likely N-dealkylation sites (tertiary alicyclic amines) is 1. The summed E-state index contributed by atoms with van der Waals surface area (Å²) in [5.74, 6) is 0.256. The van der Waals surface area contributed by atoms with Crippen LogP contribution in [0.5, 0.6) is 0 Å². The molecule has 82 valence electrons. The van der Waals surface area contributed by atoms with Gasteiger partial charge in [0.1, 0.15) is 0 Å². The van der Waals surface area contributed by atoms with Crippen molar-refractivity contribution in [3.05, 3.63) is 21.9 Å². The molecule has 1 saturated heterocycles. The number of hydrogen-bond donors (Lipinski definition) is 0. The minimum Gasteiger partial charge on any atom is -0.338 e. The van der Waals surface area contributed by atoms with Gasteiger partial charge in [0.05, 0.1) is 4.88 Å². The molecule has 1 aromatic rings. The minimum absolute atomic E-state index is 0.256. The first-order valence-corrected chi connectivity index (χ1v) is 6.56. The van der Waals surface area contributed by atoms with Crippen LogP contribution in [-0.4, -0.2) is 23.9 Å². The number of rotatable bonds is 3. The first kappa shape index (κ1) is 10.7. The second-order valence-electron chi connectivity index (χ2n) is 4.02. The Labute approximate surface area is 94.9 Å². The van der Waals surface area contributed by atoms with Gasteiger partial charge in [-0.15, -0.1) is 11.3 Å². The highest BCUT2D eigenvalue weighted by atomic mass is 32.1. The minimum atomic E-state index is 0.256. The molecule has 0 unspecified atom stereocenters. The van der Waals surface area contributed by atoms with Crippen molar-refractivity contribution in [3.63, 3.8) is 0 Å². The molecule has 0 radical (unpaired) electrons. The highest BCUT2D eigenvalue weighted by Gasteiger charge is 2.22. The average molecular weight is 223 g/mol. The van der Waals surface area contributed by atoms with Crippen molar-refractivity contribution in [2.24, 2.45) is 0 Å². The number of aryl methyl sites for hydroxylation is 1. The van der Waals surface area contributed by atoms with Crippen LogP contribution in [0.3, 0.4) is 0 Å². The molecule has 1 fully saturated rings. The van der Waals surface area contributed by atoms with Crippen LogP contribution in [0.2, 0.25) is 0 Å². The zero-order chi connectivity index (χ0) is 10.7. The van der Waals surface area contributed by atoms with Crippen LogP contribution in [0.4, 0.5) is 0 Å². The molecule has 3 heteroatoms. The van der Waals surface area contributed by atoms with E-state index in [9.17, 15) is 4.79 Å². The summed E-state index contributed by atoms with van der Waals surface area (Å²) < 4.78 is 0. The lowest BCUT2D eigenvalue weighted by atomic mass is 10.1. The van der Waals surface area contributed by atoms with Crippen LogP contribution in [0, 0.1) is 0 Å². The van der Waals surface area contributed by atoms with Crippen LogP contribution < -0.4 is 0 Å². The molecule has 0 saturated carbocycles. The summed E-state index contributed by atoms with van der Waals surface area (Å²) in [4.78, 5) is 15.1. The second kappa shape index (κ2) is 4.79. The lowest BCUT2D eigenvalue weighted by Gasteiger charge is -2.14. The van der Waals surface area contributed by atoms with Crippen LogP contribution in [0.15, 0.2) is 11.4 Å². The molecule has 2 rings (SSSR count). The molecular weight excluding hydrogens is 206 g/mol. The Morgan fingerprint density at radius 3 is 2.87 bits per heavy atom. The van der Waals surface area contributed by atoms with E-state index < -0.39 is 0 Å². The SMILES string of the molecule is CCCc1ccsc1C(=O)N1CCCC1. The van der Waals surface area contributed by atoms with Gasteiger partial charge in [-0.1, -0.05) is 13.3 Å². The predicted octanol–water partition coefficient (Wildman–Crippen LogP) is 2.94. The lowest BCUT2D eigenvalue weighted by Crippen LogP contribution is -2.27. The van der Waals surface area contributed by atoms with E-state index in [1.165, 1.54) is 18.4 Å². The number of carbonyl (C=O) groups excluding carboxylic acids is 1. The Morgan fingerprint density at radius 2 is 2.20 bits per heavy atom. The lowest BCUT2D eigenvalue weighted by molar-refractivity contribution is 0.0796. The van der Waals surface area contributed by atoms with Crippen molar-refractivity contribution in [3.8, 4) is 0 Å². The van der Waals surface area contributed by atoms with E-state index in [4.69, 9.17) is 0 Å². The van der Waals surface area contributed by atoms with E-state index in [2.05, 4.69) is 13.0 Å². The van der Waals surface area contributed by atoms with Crippen LogP contribution in [-0.2, 0) is 6.42 Å². The first-order valence-electron chi connectivity index (χ1n) is 5.68. The smallest absolute Gasteiger partial charge is 0.264 e. The normalized spacial score (nSPS) is 15.9. The molecule has 0 spiro atoms. The van der Waals surface area contributed by atoms with Crippen molar-refractivity contribution in [1.29, 1.82) is 0 Å². The molecule has 1 aromatic heterocycles. The molecule has 15 heavy (non-hydrogen) atoms. The third-order valence-electron chi connectivity index (χ3n) is 2.85. The van der Waals surface area contributed by atoms with Gasteiger partial charge in [0.2, 0.25) is 0 Å². The Morgan fingerprint density at radius 1 is 1.47 bits per heavy atom. The fourth-order valence-electron chi connectivity index (χ4n) is 2.05. The monoisotopic (exact) mass is 223 g/mol. The molecule has 2 heterocycles. The highest BCUT2D eigenvalue weighted by molar-refractivity contribution is 7.12. The number of amides is 1. The summed E-state index contributed by atoms with van der Waals surface area (Å²) in [6.07, 6.45) is 4.47. The maximum absolute atomic E-state index is 12.1. The average Bonchev–Trinajstić information content (AvgIpc) is 2.87. The molecule has 1 aliphatic rings. The summed E-state index contributed by atoms with van der Waals surface area (Å²) in [5.41, 5.74) is 1.24. The van der Waals surface area contributed by atoms with Gasteiger partial charge in [0.25, 0.3) is 5.91 Å². The summed E-state index contributed by atoms with van der Waals surface area (Å²) >= 11 is 1.59. The standard InChI is InChI=1S/C12H17NOS/c1-2-5-10-6-9-15-11(10)12(14)13-7-3-4-8-13/h6,9H,2-5,7-8H2,1H3. The van der Waals surface area contributed by atoms with E-state index >= 15 is 0 Å². The zero-order valence-corrected chi connectivity index (χ0v) is 9.98. The number of hydrogen-bond acceptors (Lipinski definition) is 2. The highest BCUT2D eigenvalue weighted by Crippen LogP contribution is 2.22. The van der Waals surface area contributed by atoms with Crippen LogP contribution in [0.1, 0.15) is 41.4 Å². The Bertz CT molecular complexity index is 339. The third kappa shape index (κ3) is 2.23. The quantitative estimate of drug-likeness (QED) is 0.771. The van der Waals surface area contributed by atoms with Crippen LogP contribution >= 0.6 is 11.3 Å². The van der Waals surface area contributed by atoms with E-state index in [0.717, 1.165) is 30.8 Å². The van der Waals surface area contributed by atoms with Crippen LogP contribution in [0.25, 0.3) is 0 Å². The summed E-state index contributed by atoms with van der Waals surface area (Å²) in [5, 5.41) is 2.04. The molecule has 0 atom stereocenters. The second-order valence-corrected chi connectivity index (χ2v) is 4.94. The maximum Gasteiger partial charge on any atom is 0.264 e. The third-order valence-corrected chi connectivity index (χ3v) is 3.80. The molecular formula is C12H17NOS. The van der Waals surface area contributed by atoms with Crippen molar-refractivity contribution >= 4 is 17.2 Å². The molecule has 0 N–H and O–H groups in total. The van der Waals surface area contributed by atoms with Gasteiger partial charge in [-0.05, 0) is 36.3 Å². The molecule has 2 nitrogen and oxygen atoms in total. The van der Waals surface area contributed by atoms with Gasteiger partial charge < -0.3 is 4.90 Å². The maximum atomic E-state index is 12.1. The Kier molecular flexibility index (Phi) is 3.41. The molecule has 1 amide bonds. The topological polar surface area (TPSA) is 20.3 Å². The molecule has 1 aliphatic heterocycles. The van der Waals surface area contributed by atoms with Crippen molar-refractivity contribution in [1.82, 2.24) is 4.90 Å².